The molecule has 1 amide bonds. The second-order valence-electron chi connectivity index (χ2n) is 7.72. The number of Topliss-reactive ketones (excluding diaryl/α,β-unsaturated/α-hetero) is 1. The van der Waals surface area contributed by atoms with Gasteiger partial charge in [0.25, 0.3) is 11.7 Å². The number of methoxy groups -OCH3 is 1. The molecule has 1 unspecified atom stereocenters. The maximum absolute atomic E-state index is 13.2. The number of aliphatic hydroxyl groups is 1. The molecule has 1 heterocycles. The predicted molar refractivity (Wildman–Crippen MR) is 125 cm³/mol. The summed E-state index contributed by atoms with van der Waals surface area (Å²) in [7, 11) is 1.49. The van der Waals surface area contributed by atoms with Crippen molar-refractivity contribution in [1.82, 2.24) is 0 Å². The number of halogens is 1. The van der Waals surface area contributed by atoms with Crippen molar-refractivity contribution in [2.75, 3.05) is 12.0 Å². The second-order valence-corrected chi connectivity index (χ2v) is 8.13. The number of nitrogens with zero attached hydrogens (tertiary/aromatic N) is 1. The highest BCUT2D eigenvalue weighted by molar-refractivity contribution is 6.51. The number of anilines is 1. The molecule has 1 aliphatic rings. The van der Waals surface area contributed by atoms with Crippen molar-refractivity contribution in [3.05, 3.63) is 99.6 Å². The topological polar surface area (TPSA) is 66.8 Å². The van der Waals surface area contributed by atoms with Crippen molar-refractivity contribution < 1.29 is 19.4 Å². The van der Waals surface area contributed by atoms with E-state index in [0.717, 1.165) is 11.1 Å². The third kappa shape index (κ3) is 3.65. The molecule has 1 N–H and O–H groups in total. The van der Waals surface area contributed by atoms with Gasteiger partial charge in [0.1, 0.15) is 11.5 Å². The number of hydrogen-bond acceptors (Lipinski definition) is 4. The van der Waals surface area contributed by atoms with Crippen LogP contribution in [-0.2, 0) is 9.59 Å². The van der Waals surface area contributed by atoms with Gasteiger partial charge in [0.2, 0.25) is 0 Å². The molecule has 4 rings (SSSR count). The lowest BCUT2D eigenvalue weighted by Crippen LogP contribution is -2.30. The molecule has 1 fully saturated rings. The third-order valence-electron chi connectivity index (χ3n) is 5.60. The van der Waals surface area contributed by atoms with Gasteiger partial charge in [-0.3, -0.25) is 14.5 Å². The SMILES string of the molecule is COc1ccc(/C(O)=C2\C(=O)C(=O)N(c3ccc(C)cc3C)C2c2ccccc2)cc1Cl. The number of ketones is 1. The normalized spacial score (nSPS) is 17.6. The minimum Gasteiger partial charge on any atom is -0.507 e. The van der Waals surface area contributed by atoms with E-state index in [4.69, 9.17) is 16.3 Å². The van der Waals surface area contributed by atoms with Crippen LogP contribution in [0.2, 0.25) is 5.02 Å². The fourth-order valence-electron chi connectivity index (χ4n) is 4.08. The average Bonchev–Trinajstić information content (AvgIpc) is 3.04. The summed E-state index contributed by atoms with van der Waals surface area (Å²) in [4.78, 5) is 27.9. The largest absolute Gasteiger partial charge is 0.507 e. The minimum atomic E-state index is -0.779. The first-order valence-electron chi connectivity index (χ1n) is 10.1. The van der Waals surface area contributed by atoms with Crippen molar-refractivity contribution in [3.8, 4) is 5.75 Å². The summed E-state index contributed by atoms with van der Waals surface area (Å²) in [6.07, 6.45) is 0. The smallest absolute Gasteiger partial charge is 0.300 e. The Labute approximate surface area is 191 Å². The molecular formula is C26H22ClNO4. The second kappa shape index (κ2) is 8.52. The fourth-order valence-corrected chi connectivity index (χ4v) is 4.33. The van der Waals surface area contributed by atoms with Gasteiger partial charge in [-0.1, -0.05) is 59.6 Å². The quantitative estimate of drug-likeness (QED) is 0.321. The first-order chi connectivity index (χ1) is 15.3. The van der Waals surface area contributed by atoms with Crippen LogP contribution >= 0.6 is 11.6 Å². The lowest BCUT2D eigenvalue weighted by molar-refractivity contribution is -0.132. The number of carbonyl (C=O) groups excluding carboxylic acids is 2. The van der Waals surface area contributed by atoms with Gasteiger partial charge in [-0.05, 0) is 49.2 Å². The van der Waals surface area contributed by atoms with Crippen molar-refractivity contribution in [1.29, 1.82) is 0 Å². The van der Waals surface area contributed by atoms with E-state index in [9.17, 15) is 14.7 Å². The van der Waals surface area contributed by atoms with E-state index in [1.54, 1.807) is 12.1 Å². The van der Waals surface area contributed by atoms with Crippen molar-refractivity contribution in [2.24, 2.45) is 0 Å². The summed E-state index contributed by atoms with van der Waals surface area (Å²) in [6, 6.07) is 18.8. The number of aryl methyl sites for hydroxylation is 2. The molecule has 1 aliphatic heterocycles. The van der Waals surface area contributed by atoms with E-state index in [1.165, 1.54) is 18.1 Å². The van der Waals surface area contributed by atoms with Crippen molar-refractivity contribution in [3.63, 3.8) is 0 Å². The van der Waals surface area contributed by atoms with Gasteiger partial charge in [0.05, 0.1) is 23.7 Å². The molecule has 0 radical (unpaired) electrons. The summed E-state index contributed by atoms with van der Waals surface area (Å²) in [5.74, 6) is -1.28. The van der Waals surface area contributed by atoms with Crippen LogP contribution in [0.4, 0.5) is 5.69 Å². The summed E-state index contributed by atoms with van der Waals surface area (Å²) in [5, 5.41) is 11.5. The Morgan fingerprint density at radius 1 is 1.00 bits per heavy atom. The zero-order valence-electron chi connectivity index (χ0n) is 17.9. The Morgan fingerprint density at radius 3 is 2.34 bits per heavy atom. The number of hydrogen-bond donors (Lipinski definition) is 1. The fraction of sp³-hybridized carbons (Fsp3) is 0.154. The molecule has 0 saturated carbocycles. The number of benzene rings is 3. The zero-order valence-corrected chi connectivity index (χ0v) is 18.7. The molecule has 3 aromatic rings. The molecule has 0 aromatic heterocycles. The van der Waals surface area contributed by atoms with E-state index in [1.807, 2.05) is 62.4 Å². The van der Waals surface area contributed by atoms with Crippen LogP contribution in [0.25, 0.3) is 5.76 Å². The number of rotatable bonds is 4. The molecule has 5 nitrogen and oxygen atoms in total. The van der Waals surface area contributed by atoms with Crippen LogP contribution in [-0.4, -0.2) is 23.9 Å². The highest BCUT2D eigenvalue weighted by Crippen LogP contribution is 2.43. The highest BCUT2D eigenvalue weighted by Gasteiger charge is 2.47. The van der Waals surface area contributed by atoms with Crippen LogP contribution in [0.3, 0.4) is 0 Å². The van der Waals surface area contributed by atoms with Crippen LogP contribution in [0.1, 0.15) is 28.3 Å². The zero-order chi connectivity index (χ0) is 23.0. The summed E-state index contributed by atoms with van der Waals surface area (Å²) >= 11 is 6.24. The van der Waals surface area contributed by atoms with Crippen LogP contribution < -0.4 is 9.64 Å². The lowest BCUT2D eigenvalue weighted by Gasteiger charge is -2.27. The first kappa shape index (κ1) is 21.7. The van der Waals surface area contributed by atoms with Gasteiger partial charge in [0, 0.05) is 11.3 Å². The molecule has 32 heavy (non-hydrogen) atoms. The van der Waals surface area contributed by atoms with E-state index in [-0.39, 0.29) is 16.4 Å². The number of amides is 1. The average molecular weight is 448 g/mol. The number of aliphatic hydroxyl groups excluding tert-OH is 1. The molecule has 6 heteroatoms. The van der Waals surface area contributed by atoms with Crippen LogP contribution in [0.15, 0.2) is 72.3 Å². The maximum atomic E-state index is 13.2. The maximum Gasteiger partial charge on any atom is 0.300 e. The predicted octanol–water partition coefficient (Wildman–Crippen LogP) is 5.59. The van der Waals surface area contributed by atoms with Crippen LogP contribution in [0.5, 0.6) is 5.75 Å². The van der Waals surface area contributed by atoms with Gasteiger partial charge in [-0.25, -0.2) is 0 Å². The van der Waals surface area contributed by atoms with Gasteiger partial charge >= 0.3 is 0 Å². The van der Waals surface area contributed by atoms with Gasteiger partial charge in [0.15, 0.2) is 0 Å². The molecule has 3 aromatic carbocycles. The molecule has 0 bridgehead atoms. The Bertz CT molecular complexity index is 1250. The molecule has 1 saturated heterocycles. The van der Waals surface area contributed by atoms with Gasteiger partial charge in [-0.2, -0.15) is 0 Å². The Balaban J connectivity index is 1.95. The first-order valence-corrected chi connectivity index (χ1v) is 10.5. The van der Waals surface area contributed by atoms with Crippen molar-refractivity contribution in [2.45, 2.75) is 19.9 Å². The molecule has 0 spiro atoms. The van der Waals surface area contributed by atoms with Crippen LogP contribution in [0, 0.1) is 13.8 Å². The Hall–Kier alpha value is -3.57. The van der Waals surface area contributed by atoms with E-state index in [0.29, 0.717) is 22.6 Å². The van der Waals surface area contributed by atoms with Gasteiger partial charge in [-0.15, -0.1) is 0 Å². The van der Waals surface area contributed by atoms with E-state index in [2.05, 4.69) is 0 Å². The highest BCUT2D eigenvalue weighted by atomic mass is 35.5. The monoisotopic (exact) mass is 447 g/mol. The van der Waals surface area contributed by atoms with Gasteiger partial charge < -0.3 is 9.84 Å². The summed E-state index contributed by atoms with van der Waals surface area (Å²) in [6.45, 7) is 3.86. The molecule has 1 atom stereocenters. The summed E-state index contributed by atoms with van der Waals surface area (Å²) < 4.78 is 5.17. The summed E-state index contributed by atoms with van der Waals surface area (Å²) in [5.41, 5.74) is 3.59. The van der Waals surface area contributed by atoms with E-state index >= 15 is 0 Å². The molecular weight excluding hydrogens is 426 g/mol. The lowest BCUT2D eigenvalue weighted by atomic mass is 9.95. The minimum absolute atomic E-state index is 0.0161. The standard InChI is InChI=1S/C26H22ClNO4/c1-15-9-11-20(16(2)13-15)28-23(17-7-5-4-6-8-17)22(25(30)26(28)31)24(29)18-10-12-21(32-3)19(27)14-18/h4-14,23,29H,1-3H3/b24-22+. The molecule has 162 valence electrons. The third-order valence-corrected chi connectivity index (χ3v) is 5.89. The van der Waals surface area contributed by atoms with Crippen molar-refractivity contribution >= 4 is 34.7 Å². The Kier molecular flexibility index (Phi) is 5.76. The Morgan fingerprint density at radius 2 is 1.72 bits per heavy atom. The molecule has 0 aliphatic carbocycles. The number of carbonyl (C=O) groups is 2. The number of ether oxygens (including phenoxy) is 1. The van der Waals surface area contributed by atoms with E-state index < -0.39 is 17.7 Å².